The summed E-state index contributed by atoms with van der Waals surface area (Å²) < 4.78 is 5.31. The predicted molar refractivity (Wildman–Crippen MR) is 70.7 cm³/mol. The molecule has 90 valence electrons. The van der Waals surface area contributed by atoms with E-state index in [1.807, 2.05) is 19.2 Å². The highest BCUT2D eigenvalue weighted by atomic mass is 35.5. The highest BCUT2D eigenvalue weighted by Gasteiger charge is 2.15. The molecule has 1 aromatic rings. The number of halogens is 1. The van der Waals surface area contributed by atoms with Crippen molar-refractivity contribution in [2.45, 2.75) is 19.4 Å². The monoisotopic (exact) mass is 260 g/mol. The highest BCUT2D eigenvalue weighted by Crippen LogP contribution is 2.33. The normalized spacial score (nSPS) is 12.6. The number of ether oxygens (including phenoxy) is 1. The Hall–Kier alpha value is -0.380. The SMILES string of the molecule is COc1c(C)cc(Cl)cc1C(O)CCSC. The fraction of sp³-hybridized carbons (Fsp3) is 0.500. The Morgan fingerprint density at radius 2 is 2.19 bits per heavy atom. The maximum Gasteiger partial charge on any atom is 0.127 e. The molecule has 2 nitrogen and oxygen atoms in total. The minimum atomic E-state index is -0.514. The first-order chi connectivity index (χ1) is 7.60. The van der Waals surface area contributed by atoms with Crippen LogP contribution in [0.3, 0.4) is 0 Å². The van der Waals surface area contributed by atoms with Gasteiger partial charge in [-0.3, -0.25) is 0 Å². The summed E-state index contributed by atoms with van der Waals surface area (Å²) in [5.41, 5.74) is 1.73. The number of methoxy groups -OCH3 is 1. The second-order valence-electron chi connectivity index (χ2n) is 3.64. The minimum Gasteiger partial charge on any atom is -0.496 e. The number of thioether (sulfide) groups is 1. The zero-order chi connectivity index (χ0) is 12.1. The number of aliphatic hydroxyl groups excluding tert-OH is 1. The maximum atomic E-state index is 10.1. The Morgan fingerprint density at radius 1 is 1.50 bits per heavy atom. The Morgan fingerprint density at radius 3 is 2.75 bits per heavy atom. The van der Waals surface area contributed by atoms with Crippen molar-refractivity contribution in [1.29, 1.82) is 0 Å². The fourth-order valence-corrected chi connectivity index (χ4v) is 2.41. The standard InChI is InChI=1S/C12H17ClO2S/c1-8-6-9(13)7-10(12(8)15-2)11(14)4-5-16-3/h6-7,11,14H,4-5H2,1-3H3. The summed E-state index contributed by atoms with van der Waals surface area (Å²) in [6.45, 7) is 1.93. The van der Waals surface area contributed by atoms with Crippen molar-refractivity contribution in [3.8, 4) is 5.75 Å². The molecule has 0 amide bonds. The second-order valence-corrected chi connectivity index (χ2v) is 5.06. The van der Waals surface area contributed by atoms with Crippen LogP contribution in [-0.4, -0.2) is 24.2 Å². The molecule has 0 radical (unpaired) electrons. The zero-order valence-electron chi connectivity index (χ0n) is 9.79. The average molecular weight is 261 g/mol. The van der Waals surface area contributed by atoms with Gasteiger partial charge in [0.2, 0.25) is 0 Å². The number of rotatable bonds is 5. The predicted octanol–water partition coefficient (Wildman–Crippen LogP) is 3.44. The van der Waals surface area contributed by atoms with E-state index in [2.05, 4.69) is 0 Å². The molecule has 0 fully saturated rings. The first kappa shape index (κ1) is 13.7. The van der Waals surface area contributed by atoms with Gasteiger partial charge < -0.3 is 9.84 Å². The number of hydrogen-bond donors (Lipinski definition) is 1. The van der Waals surface area contributed by atoms with Crippen molar-refractivity contribution < 1.29 is 9.84 Å². The van der Waals surface area contributed by atoms with Crippen LogP contribution in [0.4, 0.5) is 0 Å². The van der Waals surface area contributed by atoms with Gasteiger partial charge in [-0.05, 0) is 43.0 Å². The third kappa shape index (κ3) is 3.30. The van der Waals surface area contributed by atoms with Crippen LogP contribution >= 0.6 is 23.4 Å². The van der Waals surface area contributed by atoms with Crippen LogP contribution in [-0.2, 0) is 0 Å². The molecule has 1 atom stereocenters. The Balaban J connectivity index is 3.00. The fourth-order valence-electron chi connectivity index (χ4n) is 1.67. The smallest absolute Gasteiger partial charge is 0.127 e. The molecule has 0 saturated carbocycles. The van der Waals surface area contributed by atoms with Gasteiger partial charge in [-0.15, -0.1) is 0 Å². The molecular weight excluding hydrogens is 244 g/mol. The van der Waals surface area contributed by atoms with Crippen LogP contribution in [0.2, 0.25) is 5.02 Å². The lowest BCUT2D eigenvalue weighted by Gasteiger charge is -2.16. The Labute approximate surface area is 106 Å². The van der Waals surface area contributed by atoms with Crippen LogP contribution < -0.4 is 4.74 Å². The zero-order valence-corrected chi connectivity index (χ0v) is 11.4. The third-order valence-corrected chi connectivity index (χ3v) is 3.29. The van der Waals surface area contributed by atoms with Gasteiger partial charge in [0.05, 0.1) is 13.2 Å². The van der Waals surface area contributed by atoms with Gasteiger partial charge >= 0.3 is 0 Å². The van der Waals surface area contributed by atoms with Crippen molar-refractivity contribution in [2.24, 2.45) is 0 Å². The molecule has 4 heteroatoms. The molecule has 16 heavy (non-hydrogen) atoms. The van der Waals surface area contributed by atoms with Gasteiger partial charge in [-0.2, -0.15) is 11.8 Å². The van der Waals surface area contributed by atoms with Crippen molar-refractivity contribution in [3.63, 3.8) is 0 Å². The van der Waals surface area contributed by atoms with E-state index in [4.69, 9.17) is 16.3 Å². The van der Waals surface area contributed by atoms with Crippen LogP contribution in [0.5, 0.6) is 5.75 Å². The molecule has 0 aliphatic carbocycles. The third-order valence-electron chi connectivity index (χ3n) is 2.43. The average Bonchev–Trinajstić information content (AvgIpc) is 2.24. The van der Waals surface area contributed by atoms with Gasteiger partial charge in [-0.25, -0.2) is 0 Å². The molecule has 0 bridgehead atoms. The summed E-state index contributed by atoms with van der Waals surface area (Å²) in [7, 11) is 1.61. The van der Waals surface area contributed by atoms with E-state index in [9.17, 15) is 5.11 Å². The summed E-state index contributed by atoms with van der Waals surface area (Å²) in [6, 6.07) is 3.61. The summed E-state index contributed by atoms with van der Waals surface area (Å²) in [4.78, 5) is 0. The number of aryl methyl sites for hydroxylation is 1. The lowest BCUT2D eigenvalue weighted by Crippen LogP contribution is -2.03. The Kier molecular flexibility index (Phi) is 5.46. The molecule has 0 aliphatic rings. The molecule has 1 aromatic carbocycles. The number of benzene rings is 1. The van der Waals surface area contributed by atoms with Gasteiger partial charge in [-0.1, -0.05) is 11.6 Å². The van der Waals surface area contributed by atoms with Crippen LogP contribution in [0.15, 0.2) is 12.1 Å². The van der Waals surface area contributed by atoms with Crippen molar-refractivity contribution in [3.05, 3.63) is 28.3 Å². The van der Waals surface area contributed by atoms with E-state index in [1.165, 1.54) is 0 Å². The summed E-state index contributed by atoms with van der Waals surface area (Å²) in [5, 5.41) is 10.7. The van der Waals surface area contributed by atoms with Crippen LogP contribution in [0.25, 0.3) is 0 Å². The molecule has 0 saturated heterocycles. The van der Waals surface area contributed by atoms with E-state index in [-0.39, 0.29) is 0 Å². The summed E-state index contributed by atoms with van der Waals surface area (Å²) in [5.74, 6) is 1.65. The van der Waals surface area contributed by atoms with Gasteiger partial charge in [0.1, 0.15) is 5.75 Å². The lowest BCUT2D eigenvalue weighted by molar-refractivity contribution is 0.170. The van der Waals surface area contributed by atoms with Crippen LogP contribution in [0.1, 0.15) is 23.7 Å². The quantitative estimate of drug-likeness (QED) is 0.879. The first-order valence-corrected chi connectivity index (χ1v) is 6.88. The van der Waals surface area contributed by atoms with Gasteiger partial charge in [0.25, 0.3) is 0 Å². The largest absolute Gasteiger partial charge is 0.496 e. The van der Waals surface area contributed by atoms with E-state index < -0.39 is 6.10 Å². The number of hydrogen-bond acceptors (Lipinski definition) is 3. The van der Waals surface area contributed by atoms with Crippen molar-refractivity contribution in [2.75, 3.05) is 19.1 Å². The topological polar surface area (TPSA) is 29.5 Å². The van der Waals surface area contributed by atoms with Crippen LogP contribution in [0, 0.1) is 6.92 Å². The number of aliphatic hydroxyl groups is 1. The lowest BCUT2D eigenvalue weighted by atomic mass is 10.0. The summed E-state index contributed by atoms with van der Waals surface area (Å²) in [6.07, 6.45) is 2.21. The van der Waals surface area contributed by atoms with Gasteiger partial charge in [0, 0.05) is 10.6 Å². The highest BCUT2D eigenvalue weighted by molar-refractivity contribution is 7.98. The molecule has 1 N–H and O–H groups in total. The van der Waals surface area contributed by atoms with E-state index in [1.54, 1.807) is 24.9 Å². The molecule has 0 spiro atoms. The molecule has 1 rings (SSSR count). The van der Waals surface area contributed by atoms with Crippen molar-refractivity contribution in [1.82, 2.24) is 0 Å². The van der Waals surface area contributed by atoms with E-state index >= 15 is 0 Å². The molecule has 0 aromatic heterocycles. The summed E-state index contributed by atoms with van der Waals surface area (Å²) >= 11 is 7.70. The molecular formula is C12H17ClO2S. The maximum absolute atomic E-state index is 10.1. The minimum absolute atomic E-state index is 0.514. The first-order valence-electron chi connectivity index (χ1n) is 5.11. The Bertz CT molecular complexity index is 355. The molecule has 0 aliphatic heterocycles. The van der Waals surface area contributed by atoms with E-state index in [0.29, 0.717) is 11.4 Å². The van der Waals surface area contributed by atoms with Gasteiger partial charge in [0.15, 0.2) is 0 Å². The molecule has 0 heterocycles. The molecule has 1 unspecified atom stereocenters. The second kappa shape index (κ2) is 6.38. The van der Waals surface area contributed by atoms with Crippen molar-refractivity contribution >= 4 is 23.4 Å². The van der Waals surface area contributed by atoms with E-state index in [0.717, 1.165) is 22.6 Å².